The smallest absolute Gasteiger partial charge is 0.256 e. The number of hydrogen-bond acceptors (Lipinski definition) is 1. The monoisotopic (exact) mass is 345 g/mol. The number of benzene rings is 2. The molecule has 2 nitrogen and oxygen atoms in total. The molecule has 0 aliphatic carbocycles. The normalized spacial score (nSPS) is 10.5. The first kappa shape index (κ1) is 15.8. The second-order valence-corrected chi connectivity index (χ2v) is 5.95. The molecule has 0 saturated carbocycles. The first-order chi connectivity index (χ1) is 10.1. The minimum atomic E-state index is -0.0718. The first-order valence-corrected chi connectivity index (χ1v) is 8.04. The molecule has 0 spiro atoms. The van der Waals surface area contributed by atoms with E-state index < -0.39 is 0 Å². The van der Waals surface area contributed by atoms with Crippen molar-refractivity contribution >= 4 is 27.5 Å². The van der Waals surface area contributed by atoms with E-state index in [0.717, 1.165) is 28.6 Å². The number of carbonyl (C=O) groups excluding carboxylic acids is 1. The summed E-state index contributed by atoms with van der Waals surface area (Å²) < 4.78 is 0.826. The Labute approximate surface area is 134 Å². The summed E-state index contributed by atoms with van der Waals surface area (Å²) in [5.41, 5.74) is 5.09. The van der Waals surface area contributed by atoms with Gasteiger partial charge in [0.05, 0.1) is 5.56 Å². The fourth-order valence-electron chi connectivity index (χ4n) is 2.39. The van der Waals surface area contributed by atoms with Gasteiger partial charge in [-0.2, -0.15) is 0 Å². The Bertz CT molecular complexity index is 642. The van der Waals surface area contributed by atoms with Crippen LogP contribution in [0.25, 0.3) is 0 Å². The lowest BCUT2D eigenvalue weighted by molar-refractivity contribution is 0.102. The molecule has 21 heavy (non-hydrogen) atoms. The zero-order valence-electron chi connectivity index (χ0n) is 12.7. The van der Waals surface area contributed by atoms with Gasteiger partial charge in [0.1, 0.15) is 0 Å². The number of hydrogen-bond donors (Lipinski definition) is 1. The number of nitrogens with one attached hydrogen (secondary N) is 1. The third-order valence-electron chi connectivity index (χ3n) is 3.61. The molecule has 0 bridgehead atoms. The highest BCUT2D eigenvalue weighted by Crippen LogP contribution is 2.25. The van der Waals surface area contributed by atoms with Crippen LogP contribution in [0.4, 0.5) is 5.69 Å². The SMILES string of the molecule is CCc1cccc(CC)c1NC(=O)c1ccc(C)cc1Br. The maximum Gasteiger partial charge on any atom is 0.256 e. The molecule has 0 aliphatic rings. The van der Waals surface area contributed by atoms with Gasteiger partial charge in [0.25, 0.3) is 5.91 Å². The summed E-state index contributed by atoms with van der Waals surface area (Å²) in [6, 6.07) is 12.0. The summed E-state index contributed by atoms with van der Waals surface area (Å²) in [4.78, 5) is 12.5. The summed E-state index contributed by atoms with van der Waals surface area (Å²) in [6.07, 6.45) is 1.80. The van der Waals surface area contributed by atoms with Gasteiger partial charge in [-0.15, -0.1) is 0 Å². The lowest BCUT2D eigenvalue weighted by Gasteiger charge is -2.15. The van der Waals surface area contributed by atoms with Crippen LogP contribution in [0.5, 0.6) is 0 Å². The third kappa shape index (κ3) is 3.53. The van der Waals surface area contributed by atoms with Gasteiger partial charge in [-0.05, 0) is 64.5 Å². The Balaban J connectivity index is 2.35. The molecule has 2 rings (SSSR count). The van der Waals surface area contributed by atoms with Crippen LogP contribution in [-0.4, -0.2) is 5.91 Å². The molecule has 0 radical (unpaired) electrons. The number of halogens is 1. The van der Waals surface area contributed by atoms with Crippen LogP contribution in [0, 0.1) is 6.92 Å². The number of carbonyl (C=O) groups is 1. The molecule has 0 heterocycles. The van der Waals surface area contributed by atoms with E-state index in [9.17, 15) is 4.79 Å². The average molecular weight is 346 g/mol. The molecule has 1 amide bonds. The molecule has 110 valence electrons. The Morgan fingerprint density at radius 3 is 2.24 bits per heavy atom. The van der Waals surface area contributed by atoms with Crippen LogP contribution in [0.15, 0.2) is 40.9 Å². The Hall–Kier alpha value is -1.61. The second-order valence-electron chi connectivity index (χ2n) is 5.10. The van der Waals surface area contributed by atoms with Crippen molar-refractivity contribution in [1.29, 1.82) is 0 Å². The highest BCUT2D eigenvalue weighted by Gasteiger charge is 2.14. The van der Waals surface area contributed by atoms with E-state index in [4.69, 9.17) is 0 Å². The standard InChI is InChI=1S/C18H20BrNO/c1-4-13-7-6-8-14(5-2)17(13)20-18(21)15-10-9-12(3)11-16(15)19/h6-11H,4-5H2,1-3H3,(H,20,21). The fourth-order valence-corrected chi connectivity index (χ4v) is 3.06. The van der Waals surface area contributed by atoms with Crippen LogP contribution in [0.3, 0.4) is 0 Å². The van der Waals surface area contributed by atoms with E-state index in [1.165, 1.54) is 11.1 Å². The second kappa shape index (κ2) is 6.90. The minimum Gasteiger partial charge on any atom is -0.321 e. The van der Waals surface area contributed by atoms with Crippen LogP contribution in [0.2, 0.25) is 0 Å². The quantitative estimate of drug-likeness (QED) is 0.816. The molecular formula is C18H20BrNO. The number of para-hydroxylation sites is 1. The summed E-state index contributed by atoms with van der Waals surface area (Å²) in [6.45, 7) is 6.21. The lowest BCUT2D eigenvalue weighted by Crippen LogP contribution is -2.15. The highest BCUT2D eigenvalue weighted by molar-refractivity contribution is 9.10. The van der Waals surface area contributed by atoms with E-state index in [0.29, 0.717) is 5.56 Å². The first-order valence-electron chi connectivity index (χ1n) is 7.25. The molecule has 0 fully saturated rings. The van der Waals surface area contributed by atoms with Crippen LogP contribution in [0.1, 0.15) is 40.9 Å². The number of aryl methyl sites for hydroxylation is 3. The summed E-state index contributed by atoms with van der Waals surface area (Å²) in [5.74, 6) is -0.0718. The molecule has 1 N–H and O–H groups in total. The molecule has 3 heteroatoms. The molecule has 0 aromatic heterocycles. The van der Waals surface area contributed by atoms with Gasteiger partial charge < -0.3 is 5.32 Å². The summed E-state index contributed by atoms with van der Waals surface area (Å²) in [5, 5.41) is 3.09. The van der Waals surface area contributed by atoms with Gasteiger partial charge >= 0.3 is 0 Å². The average Bonchev–Trinajstić information content (AvgIpc) is 2.47. The van der Waals surface area contributed by atoms with Gasteiger partial charge in [0, 0.05) is 10.2 Å². The van der Waals surface area contributed by atoms with Gasteiger partial charge in [-0.3, -0.25) is 4.79 Å². The van der Waals surface area contributed by atoms with Crippen molar-refractivity contribution in [3.05, 3.63) is 63.1 Å². The van der Waals surface area contributed by atoms with Gasteiger partial charge in [0.2, 0.25) is 0 Å². The Kier molecular flexibility index (Phi) is 5.18. The van der Waals surface area contributed by atoms with Crippen molar-refractivity contribution in [2.24, 2.45) is 0 Å². The lowest BCUT2D eigenvalue weighted by atomic mass is 10.0. The fraction of sp³-hybridized carbons (Fsp3) is 0.278. The predicted molar refractivity (Wildman–Crippen MR) is 92.0 cm³/mol. The molecule has 0 saturated heterocycles. The summed E-state index contributed by atoms with van der Waals surface area (Å²) >= 11 is 3.47. The van der Waals surface area contributed by atoms with Crippen molar-refractivity contribution < 1.29 is 4.79 Å². The maximum absolute atomic E-state index is 12.5. The maximum atomic E-state index is 12.5. The Morgan fingerprint density at radius 1 is 1.10 bits per heavy atom. The van der Waals surface area contributed by atoms with Crippen molar-refractivity contribution in [3.63, 3.8) is 0 Å². The molecule has 0 aliphatic heterocycles. The molecule has 2 aromatic carbocycles. The van der Waals surface area contributed by atoms with E-state index in [1.54, 1.807) is 0 Å². The largest absolute Gasteiger partial charge is 0.321 e. The van der Waals surface area contributed by atoms with E-state index >= 15 is 0 Å². The van der Waals surface area contributed by atoms with Gasteiger partial charge in [-0.1, -0.05) is 38.1 Å². The zero-order valence-corrected chi connectivity index (χ0v) is 14.3. The van der Waals surface area contributed by atoms with Gasteiger partial charge in [0.15, 0.2) is 0 Å². The van der Waals surface area contributed by atoms with Crippen LogP contribution < -0.4 is 5.32 Å². The zero-order chi connectivity index (χ0) is 15.4. The molecule has 0 atom stereocenters. The van der Waals surface area contributed by atoms with Gasteiger partial charge in [-0.25, -0.2) is 0 Å². The summed E-state index contributed by atoms with van der Waals surface area (Å²) in [7, 11) is 0. The molecule has 2 aromatic rings. The predicted octanol–water partition coefficient (Wildman–Crippen LogP) is 5.13. The number of anilines is 1. The Morgan fingerprint density at radius 2 is 1.71 bits per heavy atom. The topological polar surface area (TPSA) is 29.1 Å². The van der Waals surface area contributed by atoms with E-state index in [1.807, 2.05) is 25.1 Å². The van der Waals surface area contributed by atoms with Crippen molar-refractivity contribution in [1.82, 2.24) is 0 Å². The number of amides is 1. The number of rotatable bonds is 4. The molecular weight excluding hydrogens is 326 g/mol. The van der Waals surface area contributed by atoms with E-state index in [-0.39, 0.29) is 5.91 Å². The highest BCUT2D eigenvalue weighted by atomic mass is 79.9. The minimum absolute atomic E-state index is 0.0718. The van der Waals surface area contributed by atoms with Crippen LogP contribution >= 0.6 is 15.9 Å². The van der Waals surface area contributed by atoms with Crippen molar-refractivity contribution in [2.75, 3.05) is 5.32 Å². The van der Waals surface area contributed by atoms with Crippen molar-refractivity contribution in [2.45, 2.75) is 33.6 Å². The molecule has 0 unspecified atom stereocenters. The third-order valence-corrected chi connectivity index (χ3v) is 4.26. The van der Waals surface area contributed by atoms with E-state index in [2.05, 4.69) is 53.3 Å². The van der Waals surface area contributed by atoms with Crippen LogP contribution in [-0.2, 0) is 12.8 Å². The van der Waals surface area contributed by atoms with Crippen molar-refractivity contribution in [3.8, 4) is 0 Å².